The molecule has 0 saturated heterocycles. The Morgan fingerprint density at radius 1 is 0.400 bits per heavy atom. The molecule has 0 aliphatic heterocycles. The second kappa shape index (κ2) is 37.3. The molecule has 0 aromatic carbocycles. The highest BCUT2D eigenvalue weighted by atomic mass is 16.5. The minimum absolute atomic E-state index is 0.272. The number of hydrogen-bond acceptors (Lipinski definition) is 2. The summed E-state index contributed by atoms with van der Waals surface area (Å²) in [6, 6.07) is 0. The maximum absolute atomic E-state index is 6.70. The van der Waals surface area contributed by atoms with Gasteiger partial charge in [0.05, 0.1) is 6.10 Å². The highest BCUT2D eigenvalue weighted by Crippen LogP contribution is 2.20. The summed E-state index contributed by atoms with van der Waals surface area (Å²) in [4.78, 5) is 2.28. The highest BCUT2D eigenvalue weighted by Gasteiger charge is 2.17. The minimum Gasteiger partial charge on any atom is -0.360 e. The summed E-state index contributed by atoms with van der Waals surface area (Å²) in [6.45, 7) is 6.82. The Morgan fingerprint density at radius 3 is 1.11 bits per heavy atom. The van der Waals surface area contributed by atoms with Crippen molar-refractivity contribution in [1.82, 2.24) is 4.90 Å². The van der Waals surface area contributed by atoms with Crippen LogP contribution in [0.1, 0.15) is 201 Å². The first-order chi connectivity index (χ1) is 22.2. The lowest BCUT2D eigenvalue weighted by Gasteiger charge is -2.29. The molecular formula is C43H81NO. The van der Waals surface area contributed by atoms with Gasteiger partial charge in [0, 0.05) is 0 Å². The topological polar surface area (TPSA) is 12.5 Å². The molecule has 0 saturated carbocycles. The zero-order valence-corrected chi connectivity index (χ0v) is 31.4. The third kappa shape index (κ3) is 34.0. The van der Waals surface area contributed by atoms with E-state index in [-0.39, 0.29) is 6.23 Å². The molecular weight excluding hydrogens is 546 g/mol. The summed E-state index contributed by atoms with van der Waals surface area (Å²) in [5.41, 5.74) is 0. The summed E-state index contributed by atoms with van der Waals surface area (Å²) in [7, 11) is 4.36. The fraction of sp³-hybridized carbons (Fsp3) is 0.814. The Bertz CT molecular complexity index is 627. The third-order valence-corrected chi connectivity index (χ3v) is 8.91. The molecule has 0 aliphatic rings. The van der Waals surface area contributed by atoms with Crippen molar-refractivity contribution in [3.63, 3.8) is 0 Å². The molecule has 2 heteroatoms. The molecule has 0 amide bonds. The second-order valence-corrected chi connectivity index (χ2v) is 13.7. The molecule has 2 nitrogen and oxygen atoms in total. The quantitative estimate of drug-likeness (QED) is 0.0394. The fourth-order valence-electron chi connectivity index (χ4n) is 5.92. The molecule has 0 N–H and O–H groups in total. The van der Waals surface area contributed by atoms with E-state index in [9.17, 15) is 0 Å². The molecule has 0 rings (SSSR count). The molecule has 0 aliphatic carbocycles. The summed E-state index contributed by atoms with van der Waals surface area (Å²) in [6.07, 6.45) is 56.0. The van der Waals surface area contributed by atoms with Crippen LogP contribution in [-0.4, -0.2) is 31.3 Å². The average molecular weight is 628 g/mol. The normalized spacial score (nSPS) is 13.9. The van der Waals surface area contributed by atoms with Crippen LogP contribution >= 0.6 is 0 Å². The van der Waals surface area contributed by atoms with Gasteiger partial charge in [-0.2, -0.15) is 0 Å². The fourth-order valence-corrected chi connectivity index (χ4v) is 5.92. The Labute approximate surface area is 284 Å². The molecule has 2 unspecified atom stereocenters. The van der Waals surface area contributed by atoms with Crippen molar-refractivity contribution in [2.45, 2.75) is 213 Å². The lowest BCUT2D eigenvalue weighted by Crippen LogP contribution is -2.34. The van der Waals surface area contributed by atoms with Crippen LogP contribution in [0.2, 0.25) is 0 Å². The molecule has 0 aromatic heterocycles. The molecule has 0 radical (unpaired) electrons. The van der Waals surface area contributed by atoms with Gasteiger partial charge in [-0.05, 0) is 97.6 Å². The number of allylic oxidation sites excluding steroid dienone is 8. The first-order valence-electron chi connectivity index (χ1n) is 20.1. The van der Waals surface area contributed by atoms with Crippen LogP contribution in [0.25, 0.3) is 0 Å². The van der Waals surface area contributed by atoms with Crippen LogP contribution in [0.3, 0.4) is 0 Å². The molecule has 264 valence electrons. The van der Waals surface area contributed by atoms with Gasteiger partial charge in [-0.1, -0.05) is 166 Å². The van der Waals surface area contributed by atoms with Crippen LogP contribution in [0.4, 0.5) is 0 Å². The monoisotopic (exact) mass is 628 g/mol. The molecule has 0 fully saturated rings. The Kier molecular flexibility index (Phi) is 36.4. The van der Waals surface area contributed by atoms with Gasteiger partial charge in [0.25, 0.3) is 0 Å². The Balaban J connectivity index is 4.01. The van der Waals surface area contributed by atoms with E-state index in [0.29, 0.717) is 6.10 Å². The van der Waals surface area contributed by atoms with Crippen LogP contribution in [-0.2, 0) is 4.74 Å². The van der Waals surface area contributed by atoms with E-state index in [4.69, 9.17) is 4.74 Å². The van der Waals surface area contributed by atoms with Gasteiger partial charge in [-0.25, -0.2) is 0 Å². The lowest BCUT2D eigenvalue weighted by atomic mass is 10.0. The second-order valence-electron chi connectivity index (χ2n) is 13.7. The highest BCUT2D eigenvalue weighted by molar-refractivity contribution is 4.93. The predicted octanol–water partition coefficient (Wildman–Crippen LogP) is 14.5. The van der Waals surface area contributed by atoms with Crippen molar-refractivity contribution < 1.29 is 4.74 Å². The Hall–Kier alpha value is -1.12. The average Bonchev–Trinajstić information content (AvgIpc) is 3.03. The molecule has 0 spiro atoms. The van der Waals surface area contributed by atoms with Crippen LogP contribution in [0, 0.1) is 0 Å². The largest absolute Gasteiger partial charge is 0.360 e. The van der Waals surface area contributed by atoms with E-state index in [1.807, 2.05) is 0 Å². The number of hydrogen-bond donors (Lipinski definition) is 0. The minimum atomic E-state index is 0.272. The standard InChI is InChI=1S/C43H81NO/c1-6-9-11-13-15-17-19-21-23-25-27-29-31-33-35-37-40-42(45-43(39-8-3)44(4)5)41-38-36-34-32-30-28-26-24-22-20-18-16-14-12-10-7-2/h15-18,21-24,42-43H,6-14,19-20,25-41H2,1-5H3/b17-15-,18-16?,23-21?,24-22?. The van der Waals surface area contributed by atoms with Crippen molar-refractivity contribution in [3.8, 4) is 0 Å². The van der Waals surface area contributed by atoms with Gasteiger partial charge < -0.3 is 4.74 Å². The molecule has 0 heterocycles. The SMILES string of the molecule is CCCCCC=CCC=CCCCCCCCCC(CCCCCCCCC=CC/C=C\CCCCC)OC(CCC)N(C)C. The van der Waals surface area contributed by atoms with Crippen LogP contribution in [0.15, 0.2) is 48.6 Å². The molecule has 0 bridgehead atoms. The van der Waals surface area contributed by atoms with Crippen molar-refractivity contribution in [3.05, 3.63) is 48.6 Å². The number of ether oxygens (including phenoxy) is 1. The lowest BCUT2D eigenvalue weighted by molar-refractivity contribution is -0.0922. The van der Waals surface area contributed by atoms with E-state index in [2.05, 4.69) is 88.4 Å². The van der Waals surface area contributed by atoms with Gasteiger partial charge in [0.1, 0.15) is 6.23 Å². The number of unbranched alkanes of at least 4 members (excludes halogenated alkanes) is 18. The van der Waals surface area contributed by atoms with Crippen molar-refractivity contribution in [1.29, 1.82) is 0 Å². The maximum atomic E-state index is 6.70. The maximum Gasteiger partial charge on any atom is 0.110 e. The molecule has 0 aromatic rings. The van der Waals surface area contributed by atoms with E-state index in [1.165, 1.54) is 161 Å². The molecule has 45 heavy (non-hydrogen) atoms. The van der Waals surface area contributed by atoms with Crippen molar-refractivity contribution >= 4 is 0 Å². The van der Waals surface area contributed by atoms with Crippen LogP contribution in [0.5, 0.6) is 0 Å². The van der Waals surface area contributed by atoms with Gasteiger partial charge >= 0.3 is 0 Å². The summed E-state index contributed by atoms with van der Waals surface area (Å²) < 4.78 is 6.70. The first-order valence-corrected chi connectivity index (χ1v) is 20.1. The zero-order chi connectivity index (χ0) is 32.9. The van der Waals surface area contributed by atoms with Crippen molar-refractivity contribution in [2.24, 2.45) is 0 Å². The summed E-state index contributed by atoms with van der Waals surface area (Å²) >= 11 is 0. The predicted molar refractivity (Wildman–Crippen MR) is 205 cm³/mol. The number of nitrogens with zero attached hydrogens (tertiary/aromatic N) is 1. The zero-order valence-electron chi connectivity index (χ0n) is 31.4. The van der Waals surface area contributed by atoms with Crippen LogP contribution < -0.4 is 0 Å². The van der Waals surface area contributed by atoms with Gasteiger partial charge in [-0.3, -0.25) is 4.90 Å². The molecule has 2 atom stereocenters. The van der Waals surface area contributed by atoms with Crippen molar-refractivity contribution in [2.75, 3.05) is 14.1 Å². The van der Waals surface area contributed by atoms with E-state index in [0.717, 1.165) is 19.3 Å². The summed E-state index contributed by atoms with van der Waals surface area (Å²) in [5, 5.41) is 0. The van der Waals surface area contributed by atoms with E-state index in [1.54, 1.807) is 0 Å². The Morgan fingerprint density at radius 2 is 0.756 bits per heavy atom. The van der Waals surface area contributed by atoms with Gasteiger partial charge in [-0.15, -0.1) is 0 Å². The van der Waals surface area contributed by atoms with E-state index >= 15 is 0 Å². The number of rotatable bonds is 35. The van der Waals surface area contributed by atoms with Gasteiger partial charge in [0.15, 0.2) is 0 Å². The van der Waals surface area contributed by atoms with E-state index < -0.39 is 0 Å². The summed E-state index contributed by atoms with van der Waals surface area (Å²) in [5.74, 6) is 0. The smallest absolute Gasteiger partial charge is 0.110 e. The van der Waals surface area contributed by atoms with Gasteiger partial charge in [0.2, 0.25) is 0 Å². The first kappa shape index (κ1) is 43.9. The third-order valence-electron chi connectivity index (χ3n) is 8.91.